The van der Waals surface area contributed by atoms with Gasteiger partial charge >= 0.3 is 0 Å². The van der Waals surface area contributed by atoms with Gasteiger partial charge in [-0.3, -0.25) is 0 Å². The first-order chi connectivity index (χ1) is 29.2. The van der Waals surface area contributed by atoms with Crippen LogP contribution in [0.5, 0.6) is 0 Å². The zero-order valence-corrected chi connectivity index (χ0v) is 32.0. The molecule has 276 valence electrons. The summed E-state index contributed by atoms with van der Waals surface area (Å²) in [4.78, 5) is 14.7. The summed E-state index contributed by atoms with van der Waals surface area (Å²) in [5, 5.41) is 4.43. The van der Waals surface area contributed by atoms with Crippen molar-refractivity contribution in [2.24, 2.45) is 0 Å². The topological polar surface area (TPSA) is 51.8 Å². The molecule has 0 aliphatic rings. The quantitative estimate of drug-likeness (QED) is 0.163. The van der Waals surface area contributed by atoms with Crippen molar-refractivity contribution in [2.75, 3.05) is 0 Å². The molecule has 11 aromatic rings. The molecule has 2 aromatic heterocycles. The van der Waals surface area contributed by atoms with Gasteiger partial charge < -0.3 is 4.42 Å². The summed E-state index contributed by atoms with van der Waals surface area (Å²) >= 11 is 0. The molecule has 0 atom stereocenters. The maximum Gasteiger partial charge on any atom is 0.164 e. The van der Waals surface area contributed by atoms with Gasteiger partial charge in [0.2, 0.25) is 0 Å². The summed E-state index contributed by atoms with van der Waals surface area (Å²) in [5.74, 6) is 1.92. The Morgan fingerprint density at radius 3 is 1.20 bits per heavy atom. The fourth-order valence-corrected chi connectivity index (χ4v) is 8.14. The van der Waals surface area contributed by atoms with Crippen LogP contribution in [0, 0.1) is 0 Å². The standard InChI is InChI=1S/C55H35N3O/c1-5-15-36(16-6-1)43-31-44(37-17-7-2-8-18-37)33-45(32-43)49-35-50-47-30-29-42(34-51(47)59-52(50)48-24-14-13-23-46(48)49)38-25-27-41(28-26-38)55-57-53(39-19-9-3-10-20-39)56-54(58-55)40-21-11-4-12-22-40/h1-35H. The van der Waals surface area contributed by atoms with Crippen LogP contribution in [-0.2, 0) is 0 Å². The average molecular weight is 754 g/mol. The number of furan rings is 1. The number of hydrogen-bond acceptors (Lipinski definition) is 4. The van der Waals surface area contributed by atoms with Gasteiger partial charge in [-0.05, 0) is 86.3 Å². The highest BCUT2D eigenvalue weighted by Gasteiger charge is 2.18. The first-order valence-corrected chi connectivity index (χ1v) is 19.8. The van der Waals surface area contributed by atoms with Crippen LogP contribution in [0.1, 0.15) is 0 Å². The number of nitrogens with zero attached hydrogens (tertiary/aromatic N) is 3. The van der Waals surface area contributed by atoms with E-state index in [9.17, 15) is 0 Å². The Morgan fingerprint density at radius 2 is 0.661 bits per heavy atom. The molecule has 0 radical (unpaired) electrons. The van der Waals surface area contributed by atoms with Crippen molar-refractivity contribution < 1.29 is 4.42 Å². The number of aromatic nitrogens is 3. The lowest BCUT2D eigenvalue weighted by molar-refractivity contribution is 0.673. The van der Waals surface area contributed by atoms with Crippen LogP contribution in [0.25, 0.3) is 111 Å². The second-order valence-electron chi connectivity index (χ2n) is 14.8. The van der Waals surface area contributed by atoms with Crippen molar-refractivity contribution >= 4 is 32.7 Å². The van der Waals surface area contributed by atoms with E-state index in [4.69, 9.17) is 19.4 Å². The van der Waals surface area contributed by atoms with Crippen LogP contribution in [0.3, 0.4) is 0 Å². The van der Waals surface area contributed by atoms with Crippen LogP contribution < -0.4 is 0 Å². The van der Waals surface area contributed by atoms with Crippen LogP contribution >= 0.6 is 0 Å². The fourth-order valence-electron chi connectivity index (χ4n) is 8.14. The third-order valence-corrected chi connectivity index (χ3v) is 11.1. The second kappa shape index (κ2) is 14.5. The van der Waals surface area contributed by atoms with E-state index in [-0.39, 0.29) is 0 Å². The molecule has 0 bridgehead atoms. The smallest absolute Gasteiger partial charge is 0.164 e. The number of rotatable bonds is 7. The van der Waals surface area contributed by atoms with E-state index >= 15 is 0 Å². The molecule has 2 heterocycles. The maximum absolute atomic E-state index is 6.78. The molecule has 9 aromatic carbocycles. The van der Waals surface area contributed by atoms with Gasteiger partial charge in [-0.1, -0.05) is 176 Å². The first-order valence-electron chi connectivity index (χ1n) is 19.8. The highest BCUT2D eigenvalue weighted by Crippen LogP contribution is 2.43. The van der Waals surface area contributed by atoms with Crippen LogP contribution in [0.4, 0.5) is 0 Å². The maximum atomic E-state index is 6.78. The molecule has 59 heavy (non-hydrogen) atoms. The number of benzene rings is 9. The molecule has 0 saturated carbocycles. The first kappa shape index (κ1) is 34.3. The lowest BCUT2D eigenvalue weighted by Gasteiger charge is -2.13. The number of fused-ring (bicyclic) bond motifs is 5. The Kier molecular flexibility index (Phi) is 8.45. The molecule has 0 saturated heterocycles. The monoisotopic (exact) mass is 753 g/mol. The van der Waals surface area contributed by atoms with E-state index in [0.717, 1.165) is 60.5 Å². The zero-order valence-electron chi connectivity index (χ0n) is 32.0. The Hall–Kier alpha value is -7.95. The van der Waals surface area contributed by atoms with Gasteiger partial charge in [-0.25, -0.2) is 15.0 Å². The normalized spacial score (nSPS) is 11.4. The Morgan fingerprint density at radius 1 is 0.254 bits per heavy atom. The minimum atomic E-state index is 0.630. The van der Waals surface area contributed by atoms with Crippen molar-refractivity contribution in [1.82, 2.24) is 15.0 Å². The Labute approximate surface area is 341 Å². The molecule has 0 fully saturated rings. The van der Waals surface area contributed by atoms with Gasteiger partial charge in [-0.15, -0.1) is 0 Å². The molecule has 0 spiro atoms. The summed E-state index contributed by atoms with van der Waals surface area (Å²) in [6.07, 6.45) is 0. The van der Waals surface area contributed by atoms with Crippen molar-refractivity contribution in [3.63, 3.8) is 0 Å². The third kappa shape index (κ3) is 6.43. The fraction of sp³-hybridized carbons (Fsp3) is 0. The largest absolute Gasteiger partial charge is 0.455 e. The Bertz CT molecular complexity index is 3170. The SMILES string of the molecule is c1ccc(-c2cc(-c3ccccc3)cc(-c3cc4c5ccc(-c6ccc(-c7nc(-c8ccccc8)nc(-c8ccccc8)n7)cc6)cc5oc4c4ccccc34)c2)cc1. The van der Waals surface area contributed by atoms with Gasteiger partial charge in [0.25, 0.3) is 0 Å². The van der Waals surface area contributed by atoms with Crippen molar-refractivity contribution in [3.05, 3.63) is 212 Å². The van der Waals surface area contributed by atoms with Gasteiger partial charge in [0, 0.05) is 32.8 Å². The molecule has 0 aliphatic carbocycles. The van der Waals surface area contributed by atoms with E-state index in [0.29, 0.717) is 17.5 Å². The van der Waals surface area contributed by atoms with Crippen LogP contribution in [0.2, 0.25) is 0 Å². The predicted octanol–water partition coefficient (Wildman–Crippen LogP) is 14.6. The minimum Gasteiger partial charge on any atom is -0.455 e. The summed E-state index contributed by atoms with van der Waals surface area (Å²) in [5.41, 5.74) is 13.8. The van der Waals surface area contributed by atoms with Crippen LogP contribution in [-0.4, -0.2) is 15.0 Å². The summed E-state index contributed by atoms with van der Waals surface area (Å²) in [6.45, 7) is 0. The third-order valence-electron chi connectivity index (χ3n) is 11.1. The van der Waals surface area contributed by atoms with Crippen molar-refractivity contribution in [1.29, 1.82) is 0 Å². The molecular weight excluding hydrogens is 719 g/mol. The predicted molar refractivity (Wildman–Crippen MR) is 243 cm³/mol. The highest BCUT2D eigenvalue weighted by atomic mass is 16.3. The highest BCUT2D eigenvalue weighted by molar-refractivity contribution is 6.19. The van der Waals surface area contributed by atoms with Gasteiger partial charge in [0.15, 0.2) is 17.5 Å². The van der Waals surface area contributed by atoms with Gasteiger partial charge in [0.05, 0.1) is 0 Å². The molecule has 4 nitrogen and oxygen atoms in total. The molecule has 0 N–H and O–H groups in total. The van der Waals surface area contributed by atoms with E-state index in [1.807, 2.05) is 60.7 Å². The Balaban J connectivity index is 1.000. The minimum absolute atomic E-state index is 0.630. The summed E-state index contributed by atoms with van der Waals surface area (Å²) in [6, 6.07) is 74.2. The second-order valence-corrected chi connectivity index (χ2v) is 14.8. The molecular formula is C55H35N3O. The molecule has 4 heteroatoms. The average Bonchev–Trinajstić information content (AvgIpc) is 3.70. The number of hydrogen-bond donors (Lipinski definition) is 0. The summed E-state index contributed by atoms with van der Waals surface area (Å²) < 4.78 is 6.78. The zero-order chi connectivity index (χ0) is 39.1. The molecule has 0 aliphatic heterocycles. The molecule has 0 unspecified atom stereocenters. The lowest BCUT2D eigenvalue weighted by Crippen LogP contribution is -2.00. The summed E-state index contributed by atoms with van der Waals surface area (Å²) in [7, 11) is 0. The van der Waals surface area contributed by atoms with Crippen molar-refractivity contribution in [3.8, 4) is 78.7 Å². The van der Waals surface area contributed by atoms with Gasteiger partial charge in [-0.2, -0.15) is 0 Å². The van der Waals surface area contributed by atoms with E-state index in [2.05, 4.69) is 152 Å². The lowest BCUT2D eigenvalue weighted by atomic mass is 9.90. The molecule has 11 rings (SSSR count). The van der Waals surface area contributed by atoms with E-state index < -0.39 is 0 Å². The molecule has 0 amide bonds. The van der Waals surface area contributed by atoms with E-state index in [1.165, 1.54) is 33.4 Å². The van der Waals surface area contributed by atoms with Crippen LogP contribution in [0.15, 0.2) is 217 Å². The van der Waals surface area contributed by atoms with Gasteiger partial charge in [0.1, 0.15) is 11.2 Å². The van der Waals surface area contributed by atoms with Crippen molar-refractivity contribution in [2.45, 2.75) is 0 Å². The van der Waals surface area contributed by atoms with E-state index in [1.54, 1.807) is 0 Å².